The number of anilines is 1. The van der Waals surface area contributed by atoms with Crippen LogP contribution in [-0.4, -0.2) is 19.0 Å². The van der Waals surface area contributed by atoms with Crippen molar-refractivity contribution in [1.29, 1.82) is 0 Å². The van der Waals surface area contributed by atoms with Crippen LogP contribution in [0.25, 0.3) is 0 Å². The summed E-state index contributed by atoms with van der Waals surface area (Å²) < 4.78 is 0. The van der Waals surface area contributed by atoms with E-state index in [2.05, 4.69) is 0 Å². The number of benzene rings is 2. The van der Waals surface area contributed by atoms with Crippen molar-refractivity contribution in [2.24, 2.45) is 5.73 Å². The van der Waals surface area contributed by atoms with Crippen LogP contribution in [0, 0.1) is 6.92 Å². The van der Waals surface area contributed by atoms with E-state index in [9.17, 15) is 4.79 Å². The molecule has 3 heteroatoms. The summed E-state index contributed by atoms with van der Waals surface area (Å²) in [6, 6.07) is 17.4. The molecule has 3 nitrogen and oxygen atoms in total. The van der Waals surface area contributed by atoms with Gasteiger partial charge in [0.05, 0.1) is 0 Å². The second kappa shape index (κ2) is 6.87. The van der Waals surface area contributed by atoms with E-state index in [1.165, 1.54) is 0 Å². The van der Waals surface area contributed by atoms with Gasteiger partial charge in [-0.15, -0.1) is 0 Å². The number of nitrogens with two attached hydrogens (primary N) is 1. The maximum atomic E-state index is 12.8. The van der Waals surface area contributed by atoms with Crippen LogP contribution < -0.4 is 10.6 Å². The summed E-state index contributed by atoms with van der Waals surface area (Å²) in [6.45, 7) is 3.16. The number of rotatable bonds is 5. The molecule has 0 fully saturated rings. The van der Waals surface area contributed by atoms with Crippen LogP contribution in [-0.2, 0) is 0 Å². The number of amides is 1. The van der Waals surface area contributed by atoms with Crippen molar-refractivity contribution >= 4 is 11.6 Å². The minimum atomic E-state index is 0.0303. The van der Waals surface area contributed by atoms with E-state index in [0.717, 1.165) is 23.2 Å². The first kappa shape index (κ1) is 14.3. The molecule has 20 heavy (non-hydrogen) atoms. The molecule has 0 saturated carbocycles. The zero-order valence-corrected chi connectivity index (χ0v) is 11.8. The van der Waals surface area contributed by atoms with E-state index in [4.69, 9.17) is 5.73 Å². The standard InChI is InChI=1S/C17H20N2O/c1-14-8-5-6-11-16(14)17(20)19(13-7-12-18)15-9-3-2-4-10-15/h2-6,8-11H,7,12-13,18H2,1H3. The third kappa shape index (κ3) is 3.25. The lowest BCUT2D eigenvalue weighted by Crippen LogP contribution is -2.33. The van der Waals surface area contributed by atoms with Gasteiger partial charge in [0.15, 0.2) is 0 Å². The van der Waals surface area contributed by atoms with Gasteiger partial charge >= 0.3 is 0 Å². The molecule has 0 aliphatic carbocycles. The fourth-order valence-electron chi connectivity index (χ4n) is 2.16. The zero-order chi connectivity index (χ0) is 14.4. The Morgan fingerprint density at radius 3 is 2.35 bits per heavy atom. The van der Waals surface area contributed by atoms with Crippen molar-refractivity contribution in [3.05, 3.63) is 65.7 Å². The number of carbonyl (C=O) groups is 1. The highest BCUT2D eigenvalue weighted by atomic mass is 16.2. The molecule has 0 heterocycles. The summed E-state index contributed by atoms with van der Waals surface area (Å²) in [6.07, 6.45) is 0.784. The van der Waals surface area contributed by atoms with Gasteiger partial charge in [-0.3, -0.25) is 4.79 Å². The van der Waals surface area contributed by atoms with Crippen LogP contribution >= 0.6 is 0 Å². The molecule has 0 atom stereocenters. The van der Waals surface area contributed by atoms with Crippen molar-refractivity contribution in [2.45, 2.75) is 13.3 Å². The van der Waals surface area contributed by atoms with Gasteiger partial charge in [-0.25, -0.2) is 0 Å². The van der Waals surface area contributed by atoms with Gasteiger partial charge in [0.2, 0.25) is 0 Å². The smallest absolute Gasteiger partial charge is 0.258 e. The van der Waals surface area contributed by atoms with E-state index >= 15 is 0 Å². The molecular weight excluding hydrogens is 248 g/mol. The van der Waals surface area contributed by atoms with Gasteiger partial charge in [0.25, 0.3) is 5.91 Å². The summed E-state index contributed by atoms with van der Waals surface area (Å²) in [4.78, 5) is 14.6. The van der Waals surface area contributed by atoms with Crippen molar-refractivity contribution in [1.82, 2.24) is 0 Å². The minimum absolute atomic E-state index is 0.0303. The maximum absolute atomic E-state index is 12.8. The van der Waals surface area contributed by atoms with E-state index in [0.29, 0.717) is 13.1 Å². The monoisotopic (exact) mass is 268 g/mol. The molecule has 1 amide bonds. The summed E-state index contributed by atoms with van der Waals surface area (Å²) in [5, 5.41) is 0. The van der Waals surface area contributed by atoms with Gasteiger partial charge in [-0.1, -0.05) is 36.4 Å². The fourth-order valence-corrected chi connectivity index (χ4v) is 2.16. The first-order valence-electron chi connectivity index (χ1n) is 6.86. The number of para-hydroxylation sites is 1. The highest BCUT2D eigenvalue weighted by Crippen LogP contribution is 2.19. The van der Waals surface area contributed by atoms with E-state index in [1.54, 1.807) is 4.90 Å². The Morgan fingerprint density at radius 1 is 1.05 bits per heavy atom. The molecular formula is C17H20N2O. The van der Waals surface area contributed by atoms with Gasteiger partial charge < -0.3 is 10.6 Å². The Morgan fingerprint density at radius 2 is 1.70 bits per heavy atom. The van der Waals surface area contributed by atoms with Gasteiger partial charge in [0.1, 0.15) is 0 Å². The van der Waals surface area contributed by atoms with E-state index < -0.39 is 0 Å². The summed E-state index contributed by atoms with van der Waals surface area (Å²) >= 11 is 0. The predicted octanol–water partition coefficient (Wildman–Crippen LogP) is 2.99. The highest BCUT2D eigenvalue weighted by molar-refractivity contribution is 6.07. The van der Waals surface area contributed by atoms with E-state index in [-0.39, 0.29) is 5.91 Å². The van der Waals surface area contributed by atoms with Crippen LogP contribution in [0.5, 0.6) is 0 Å². The number of carbonyl (C=O) groups excluding carboxylic acids is 1. The lowest BCUT2D eigenvalue weighted by Gasteiger charge is -2.23. The van der Waals surface area contributed by atoms with Crippen molar-refractivity contribution in [2.75, 3.05) is 18.0 Å². The SMILES string of the molecule is Cc1ccccc1C(=O)N(CCCN)c1ccccc1. The number of hydrogen-bond acceptors (Lipinski definition) is 2. The third-order valence-electron chi connectivity index (χ3n) is 3.27. The summed E-state index contributed by atoms with van der Waals surface area (Å²) in [7, 11) is 0. The zero-order valence-electron chi connectivity index (χ0n) is 11.8. The van der Waals surface area contributed by atoms with E-state index in [1.807, 2.05) is 61.5 Å². The molecule has 0 radical (unpaired) electrons. The number of hydrogen-bond donors (Lipinski definition) is 1. The molecule has 0 unspecified atom stereocenters. The molecule has 0 spiro atoms. The average Bonchev–Trinajstić information content (AvgIpc) is 2.49. The first-order valence-corrected chi connectivity index (χ1v) is 6.86. The van der Waals surface area contributed by atoms with Gasteiger partial charge in [-0.2, -0.15) is 0 Å². The first-order chi connectivity index (χ1) is 9.74. The topological polar surface area (TPSA) is 46.3 Å². The Hall–Kier alpha value is -2.13. The maximum Gasteiger partial charge on any atom is 0.258 e. The van der Waals surface area contributed by atoms with Crippen molar-refractivity contribution in [3.63, 3.8) is 0 Å². The molecule has 2 aromatic rings. The highest BCUT2D eigenvalue weighted by Gasteiger charge is 2.18. The van der Waals surface area contributed by atoms with Gasteiger partial charge in [0, 0.05) is 17.8 Å². The number of aryl methyl sites for hydroxylation is 1. The van der Waals surface area contributed by atoms with Crippen molar-refractivity contribution in [3.8, 4) is 0 Å². The molecule has 0 saturated heterocycles. The molecule has 0 aliphatic rings. The Kier molecular flexibility index (Phi) is 4.91. The van der Waals surface area contributed by atoms with Crippen LogP contribution in [0.15, 0.2) is 54.6 Å². The third-order valence-corrected chi connectivity index (χ3v) is 3.27. The molecule has 0 bridgehead atoms. The Balaban J connectivity index is 2.32. The lowest BCUT2D eigenvalue weighted by molar-refractivity contribution is 0.0986. The Bertz CT molecular complexity index is 566. The second-order valence-electron chi connectivity index (χ2n) is 4.75. The number of nitrogens with zero attached hydrogens (tertiary/aromatic N) is 1. The van der Waals surface area contributed by atoms with Crippen LogP contribution in [0.2, 0.25) is 0 Å². The predicted molar refractivity (Wildman–Crippen MR) is 83.0 cm³/mol. The average molecular weight is 268 g/mol. The summed E-state index contributed by atoms with van der Waals surface area (Å²) in [5.74, 6) is 0.0303. The van der Waals surface area contributed by atoms with Gasteiger partial charge in [-0.05, 0) is 43.7 Å². The van der Waals surface area contributed by atoms with Crippen LogP contribution in [0.3, 0.4) is 0 Å². The quantitative estimate of drug-likeness (QED) is 0.906. The second-order valence-corrected chi connectivity index (χ2v) is 4.75. The fraction of sp³-hybridized carbons (Fsp3) is 0.235. The lowest BCUT2D eigenvalue weighted by atomic mass is 10.1. The Labute approximate surface area is 120 Å². The molecule has 2 N–H and O–H groups in total. The molecule has 2 aromatic carbocycles. The largest absolute Gasteiger partial charge is 0.330 e. The van der Waals surface area contributed by atoms with Crippen LogP contribution in [0.1, 0.15) is 22.3 Å². The molecule has 2 rings (SSSR count). The van der Waals surface area contributed by atoms with Crippen molar-refractivity contribution < 1.29 is 4.79 Å². The molecule has 0 aliphatic heterocycles. The molecule has 0 aromatic heterocycles. The van der Waals surface area contributed by atoms with Crippen LogP contribution in [0.4, 0.5) is 5.69 Å². The molecule has 104 valence electrons. The minimum Gasteiger partial charge on any atom is -0.330 e. The normalized spacial score (nSPS) is 10.3. The summed E-state index contributed by atoms with van der Waals surface area (Å²) in [5.41, 5.74) is 8.23.